The van der Waals surface area contributed by atoms with Crippen molar-refractivity contribution in [3.05, 3.63) is 29.3 Å². The second-order valence-electron chi connectivity index (χ2n) is 4.23. The molecule has 0 saturated carbocycles. The average molecular weight is 300 g/mol. The largest absolute Gasteiger partial charge is 0.480 e. The molecule has 1 amide bonds. The molecule has 2 rings (SSSR count). The van der Waals surface area contributed by atoms with E-state index in [-0.39, 0.29) is 6.61 Å². The Kier molecular flexibility index (Phi) is 4.94. The highest BCUT2D eigenvalue weighted by Gasteiger charge is 2.29. The van der Waals surface area contributed by atoms with Crippen LogP contribution in [0.1, 0.15) is 0 Å². The Balaban J connectivity index is 2.22. The van der Waals surface area contributed by atoms with Crippen LogP contribution in [0.4, 0.5) is 5.69 Å². The lowest BCUT2D eigenvalue weighted by Crippen LogP contribution is -2.47. The quantitative estimate of drug-likeness (QED) is 0.903. The minimum absolute atomic E-state index is 0.121. The maximum Gasteiger partial charge on any atom is 0.323 e. The van der Waals surface area contributed by atoms with E-state index < -0.39 is 24.5 Å². The van der Waals surface area contributed by atoms with Gasteiger partial charge in [0.15, 0.2) is 6.10 Å². The first kappa shape index (κ1) is 14.8. The van der Waals surface area contributed by atoms with Crippen molar-refractivity contribution < 1.29 is 24.2 Å². The highest BCUT2D eigenvalue weighted by atomic mass is 35.5. The number of ether oxygens (including phenoxy) is 2. The summed E-state index contributed by atoms with van der Waals surface area (Å²) in [6.07, 6.45) is -0.790. The molecule has 1 heterocycles. The first-order chi connectivity index (χ1) is 9.58. The Hall–Kier alpha value is -1.63. The topological polar surface area (TPSA) is 76.1 Å². The number of carbonyl (C=O) groups is 2. The number of rotatable bonds is 4. The predicted octanol–water partition coefficient (Wildman–Crippen LogP) is 1.17. The number of carboxylic acid groups (broad SMARTS) is 1. The fraction of sp³-hybridized carbons (Fsp3) is 0.385. The Labute approximate surface area is 120 Å². The molecular weight excluding hydrogens is 286 g/mol. The minimum atomic E-state index is -1.12. The van der Waals surface area contributed by atoms with Gasteiger partial charge in [0.05, 0.1) is 19.8 Å². The number of aliphatic carboxylic acids is 1. The van der Waals surface area contributed by atoms with Gasteiger partial charge >= 0.3 is 5.97 Å². The SMILES string of the molecule is O=C(O)CN(C(=O)C1COCCO1)c1cccc(Cl)c1. The lowest BCUT2D eigenvalue weighted by atomic mass is 10.2. The zero-order valence-electron chi connectivity index (χ0n) is 10.6. The molecule has 0 aromatic heterocycles. The van der Waals surface area contributed by atoms with Crippen LogP contribution in [0, 0.1) is 0 Å². The minimum Gasteiger partial charge on any atom is -0.480 e. The van der Waals surface area contributed by atoms with E-state index in [2.05, 4.69) is 0 Å². The summed E-state index contributed by atoms with van der Waals surface area (Å²) in [6, 6.07) is 6.45. The van der Waals surface area contributed by atoms with Crippen LogP contribution in [0.2, 0.25) is 5.02 Å². The summed E-state index contributed by atoms with van der Waals surface area (Å²) in [5.41, 5.74) is 0.416. The molecule has 0 spiro atoms. The predicted molar refractivity (Wildman–Crippen MR) is 72.0 cm³/mol. The standard InChI is InChI=1S/C13H14ClNO5/c14-9-2-1-3-10(6-9)15(7-12(16)17)13(18)11-8-19-4-5-20-11/h1-3,6,11H,4-5,7-8H2,(H,16,17). The monoisotopic (exact) mass is 299 g/mol. The summed E-state index contributed by atoms with van der Waals surface area (Å²) in [5.74, 6) is -1.57. The van der Waals surface area contributed by atoms with E-state index in [9.17, 15) is 9.59 Å². The van der Waals surface area contributed by atoms with Crippen molar-refractivity contribution in [3.8, 4) is 0 Å². The lowest BCUT2D eigenvalue weighted by Gasteiger charge is -2.28. The van der Waals surface area contributed by atoms with E-state index in [1.165, 1.54) is 6.07 Å². The van der Waals surface area contributed by atoms with E-state index in [4.69, 9.17) is 26.2 Å². The molecule has 0 bridgehead atoms. The van der Waals surface area contributed by atoms with Crippen molar-refractivity contribution in [1.82, 2.24) is 0 Å². The van der Waals surface area contributed by atoms with Crippen molar-refractivity contribution in [3.63, 3.8) is 0 Å². The van der Waals surface area contributed by atoms with Crippen LogP contribution in [-0.4, -0.2) is 49.5 Å². The van der Waals surface area contributed by atoms with Crippen molar-refractivity contribution >= 4 is 29.2 Å². The van der Waals surface area contributed by atoms with Gasteiger partial charge in [0.2, 0.25) is 0 Å². The van der Waals surface area contributed by atoms with Crippen LogP contribution >= 0.6 is 11.6 Å². The number of anilines is 1. The summed E-state index contributed by atoms with van der Waals surface area (Å²) in [5, 5.41) is 9.39. The maximum atomic E-state index is 12.4. The number of hydrogen-bond acceptors (Lipinski definition) is 4. The van der Waals surface area contributed by atoms with E-state index in [0.717, 1.165) is 4.90 Å². The zero-order chi connectivity index (χ0) is 14.5. The van der Waals surface area contributed by atoms with E-state index in [0.29, 0.717) is 23.9 Å². The Bertz CT molecular complexity index is 501. The van der Waals surface area contributed by atoms with Gasteiger partial charge in [0, 0.05) is 10.7 Å². The summed E-state index contributed by atoms with van der Waals surface area (Å²) < 4.78 is 10.5. The van der Waals surface area contributed by atoms with Gasteiger partial charge in [0.25, 0.3) is 5.91 Å². The Morgan fingerprint density at radius 2 is 2.20 bits per heavy atom. The highest BCUT2D eigenvalue weighted by molar-refractivity contribution is 6.31. The van der Waals surface area contributed by atoms with Crippen LogP contribution < -0.4 is 4.90 Å². The smallest absolute Gasteiger partial charge is 0.323 e. The molecule has 1 fully saturated rings. The van der Waals surface area contributed by atoms with E-state index in [1.54, 1.807) is 18.2 Å². The van der Waals surface area contributed by atoms with Gasteiger partial charge in [-0.2, -0.15) is 0 Å². The first-order valence-electron chi connectivity index (χ1n) is 6.06. The molecule has 1 unspecified atom stereocenters. The van der Waals surface area contributed by atoms with Gasteiger partial charge in [-0.05, 0) is 18.2 Å². The second-order valence-corrected chi connectivity index (χ2v) is 4.67. The molecule has 1 N–H and O–H groups in total. The van der Waals surface area contributed by atoms with Gasteiger partial charge in [0.1, 0.15) is 6.54 Å². The summed E-state index contributed by atoms with van der Waals surface area (Å²) in [7, 11) is 0. The fourth-order valence-electron chi connectivity index (χ4n) is 1.88. The molecule has 7 heteroatoms. The zero-order valence-corrected chi connectivity index (χ0v) is 11.4. The van der Waals surface area contributed by atoms with Gasteiger partial charge in [-0.1, -0.05) is 17.7 Å². The average Bonchev–Trinajstić information content (AvgIpc) is 2.45. The van der Waals surface area contributed by atoms with Crippen molar-refractivity contribution in [2.45, 2.75) is 6.10 Å². The third-order valence-electron chi connectivity index (χ3n) is 2.77. The molecule has 1 aliphatic rings. The number of halogens is 1. The molecule has 1 aliphatic heterocycles. The van der Waals surface area contributed by atoms with Crippen molar-refractivity contribution in [1.29, 1.82) is 0 Å². The van der Waals surface area contributed by atoms with E-state index >= 15 is 0 Å². The fourth-order valence-corrected chi connectivity index (χ4v) is 2.06. The van der Waals surface area contributed by atoms with Gasteiger partial charge in [-0.25, -0.2) is 0 Å². The summed E-state index contributed by atoms with van der Waals surface area (Å²) >= 11 is 5.87. The molecule has 1 aromatic carbocycles. The van der Waals surface area contributed by atoms with Gasteiger partial charge in [-0.3, -0.25) is 14.5 Å². The molecule has 108 valence electrons. The summed E-state index contributed by atoms with van der Waals surface area (Å²) in [6.45, 7) is 0.404. The Morgan fingerprint density at radius 3 is 2.80 bits per heavy atom. The number of nitrogens with zero attached hydrogens (tertiary/aromatic N) is 1. The maximum absolute atomic E-state index is 12.4. The summed E-state index contributed by atoms with van der Waals surface area (Å²) in [4.78, 5) is 24.4. The van der Waals surface area contributed by atoms with Gasteiger partial charge < -0.3 is 14.6 Å². The molecular formula is C13H14ClNO5. The van der Waals surface area contributed by atoms with Crippen molar-refractivity contribution in [2.24, 2.45) is 0 Å². The van der Waals surface area contributed by atoms with Crippen molar-refractivity contribution in [2.75, 3.05) is 31.3 Å². The highest BCUT2D eigenvalue weighted by Crippen LogP contribution is 2.21. The molecule has 1 aromatic rings. The number of benzene rings is 1. The number of amides is 1. The number of carbonyl (C=O) groups excluding carboxylic acids is 1. The van der Waals surface area contributed by atoms with Crippen LogP contribution in [0.3, 0.4) is 0 Å². The van der Waals surface area contributed by atoms with Crippen LogP contribution in [-0.2, 0) is 19.1 Å². The third kappa shape index (κ3) is 3.69. The van der Waals surface area contributed by atoms with Crippen LogP contribution in [0.15, 0.2) is 24.3 Å². The number of carboxylic acids is 1. The lowest BCUT2D eigenvalue weighted by molar-refractivity contribution is -0.147. The third-order valence-corrected chi connectivity index (χ3v) is 3.01. The number of hydrogen-bond donors (Lipinski definition) is 1. The molecule has 0 radical (unpaired) electrons. The normalized spacial score (nSPS) is 18.6. The molecule has 1 atom stereocenters. The molecule has 6 nitrogen and oxygen atoms in total. The van der Waals surface area contributed by atoms with E-state index in [1.807, 2.05) is 0 Å². The Morgan fingerprint density at radius 1 is 1.40 bits per heavy atom. The molecule has 1 saturated heterocycles. The molecule has 20 heavy (non-hydrogen) atoms. The van der Waals surface area contributed by atoms with Gasteiger partial charge in [-0.15, -0.1) is 0 Å². The molecule has 0 aliphatic carbocycles. The second kappa shape index (κ2) is 6.69. The van der Waals surface area contributed by atoms with Crippen LogP contribution in [0.5, 0.6) is 0 Å². The first-order valence-corrected chi connectivity index (χ1v) is 6.44. The van der Waals surface area contributed by atoms with Crippen LogP contribution in [0.25, 0.3) is 0 Å².